The molecule has 0 saturated carbocycles. The van der Waals surface area contributed by atoms with Gasteiger partial charge in [0.1, 0.15) is 0 Å². The van der Waals surface area contributed by atoms with Crippen LogP contribution in [-0.4, -0.2) is 23.6 Å². The van der Waals surface area contributed by atoms with Crippen LogP contribution in [0.5, 0.6) is 5.75 Å². The van der Waals surface area contributed by atoms with E-state index in [1.54, 1.807) is 0 Å². The van der Waals surface area contributed by atoms with Crippen LogP contribution in [0.1, 0.15) is 26.2 Å². The first kappa shape index (κ1) is 15.4. The maximum Gasteiger partial charge on any atom is 0.241 e. The number of hydrogen-bond acceptors (Lipinski definition) is 3. The van der Waals surface area contributed by atoms with Crippen LogP contribution >= 0.6 is 23.2 Å². The minimum absolute atomic E-state index is 0.0963. The fourth-order valence-electron chi connectivity index (χ4n) is 2.43. The summed E-state index contributed by atoms with van der Waals surface area (Å²) in [5.74, 6) is 0.313. The van der Waals surface area contributed by atoms with Gasteiger partial charge >= 0.3 is 0 Å². The third kappa shape index (κ3) is 3.57. The summed E-state index contributed by atoms with van der Waals surface area (Å²) in [6.07, 6.45) is 3.03. The number of halogens is 2. The molecule has 1 amide bonds. The molecule has 0 aromatic heterocycles. The zero-order valence-corrected chi connectivity index (χ0v) is 12.8. The number of benzene rings is 1. The predicted octanol–water partition coefficient (Wildman–Crippen LogP) is 3.42. The number of carbonyl (C=O) groups is 1. The molecule has 4 nitrogen and oxygen atoms in total. The van der Waals surface area contributed by atoms with Gasteiger partial charge in [0.15, 0.2) is 5.75 Å². The number of phenolic OH excluding ortho intramolecular Hbond substituents is 1. The number of amides is 1. The maximum atomic E-state index is 12.2. The van der Waals surface area contributed by atoms with Gasteiger partial charge in [0.25, 0.3) is 0 Å². The second-order valence-corrected chi connectivity index (χ2v) is 5.90. The summed E-state index contributed by atoms with van der Waals surface area (Å²) in [6.45, 7) is 3.00. The Morgan fingerprint density at radius 3 is 2.70 bits per heavy atom. The summed E-state index contributed by atoms with van der Waals surface area (Å²) in [6, 6.07) is 2.78. The van der Waals surface area contributed by atoms with Crippen LogP contribution in [0.4, 0.5) is 5.69 Å². The Bertz CT molecular complexity index is 485. The number of piperidine rings is 1. The molecule has 1 aliphatic rings. The van der Waals surface area contributed by atoms with Crippen molar-refractivity contribution in [2.45, 2.75) is 32.2 Å². The molecule has 0 bridgehead atoms. The molecule has 0 aliphatic carbocycles. The number of anilines is 1. The lowest BCUT2D eigenvalue weighted by Gasteiger charge is -2.28. The lowest BCUT2D eigenvalue weighted by Crippen LogP contribution is -2.46. The summed E-state index contributed by atoms with van der Waals surface area (Å²) >= 11 is 11.7. The summed E-state index contributed by atoms with van der Waals surface area (Å²) in [5.41, 5.74) is 0.489. The van der Waals surface area contributed by atoms with Gasteiger partial charge in [0, 0.05) is 5.69 Å². The smallest absolute Gasteiger partial charge is 0.241 e. The molecular formula is C14H18Cl2N2O2. The van der Waals surface area contributed by atoms with Crippen molar-refractivity contribution >= 4 is 34.8 Å². The summed E-state index contributed by atoms with van der Waals surface area (Å²) in [4.78, 5) is 12.2. The normalized spacial score (nSPS) is 22.6. The Morgan fingerprint density at radius 1 is 1.45 bits per heavy atom. The van der Waals surface area contributed by atoms with Crippen molar-refractivity contribution in [2.75, 3.05) is 11.9 Å². The number of aromatic hydroxyl groups is 1. The van der Waals surface area contributed by atoms with Crippen molar-refractivity contribution in [1.29, 1.82) is 0 Å². The quantitative estimate of drug-likeness (QED) is 0.749. The zero-order valence-electron chi connectivity index (χ0n) is 11.2. The van der Waals surface area contributed by atoms with Gasteiger partial charge in [0.2, 0.25) is 5.91 Å². The lowest BCUT2D eigenvalue weighted by atomic mass is 9.90. The van der Waals surface area contributed by atoms with E-state index >= 15 is 0 Å². The van der Waals surface area contributed by atoms with Crippen molar-refractivity contribution in [2.24, 2.45) is 5.92 Å². The average molecular weight is 317 g/mol. The topological polar surface area (TPSA) is 61.4 Å². The minimum Gasteiger partial charge on any atom is -0.505 e. The van der Waals surface area contributed by atoms with Gasteiger partial charge in [-0.1, -0.05) is 36.5 Å². The van der Waals surface area contributed by atoms with E-state index in [4.69, 9.17) is 23.2 Å². The first-order valence-electron chi connectivity index (χ1n) is 6.73. The van der Waals surface area contributed by atoms with Crippen molar-refractivity contribution in [1.82, 2.24) is 5.32 Å². The summed E-state index contributed by atoms with van der Waals surface area (Å²) in [7, 11) is 0. The third-order valence-corrected chi connectivity index (χ3v) is 4.27. The van der Waals surface area contributed by atoms with Gasteiger partial charge in [-0.05, 0) is 37.4 Å². The SMILES string of the molecule is CCC1CCNC(C(=O)Nc2cc(Cl)c(O)c(Cl)c2)C1. The second-order valence-electron chi connectivity index (χ2n) is 5.08. The van der Waals surface area contributed by atoms with Gasteiger partial charge < -0.3 is 15.7 Å². The van der Waals surface area contributed by atoms with E-state index in [2.05, 4.69) is 17.6 Å². The number of hydrogen-bond donors (Lipinski definition) is 3. The molecule has 2 rings (SSSR count). The largest absolute Gasteiger partial charge is 0.505 e. The average Bonchev–Trinajstić information content (AvgIpc) is 2.44. The van der Waals surface area contributed by atoms with Crippen LogP contribution in [0.15, 0.2) is 12.1 Å². The van der Waals surface area contributed by atoms with Crippen molar-refractivity contribution in [3.8, 4) is 5.75 Å². The van der Waals surface area contributed by atoms with E-state index in [1.165, 1.54) is 12.1 Å². The van der Waals surface area contributed by atoms with Crippen molar-refractivity contribution in [3.63, 3.8) is 0 Å². The van der Waals surface area contributed by atoms with Gasteiger partial charge in [-0.15, -0.1) is 0 Å². The highest BCUT2D eigenvalue weighted by molar-refractivity contribution is 6.37. The Labute approximate surface area is 128 Å². The molecule has 20 heavy (non-hydrogen) atoms. The Morgan fingerprint density at radius 2 is 2.10 bits per heavy atom. The van der Waals surface area contributed by atoms with Crippen LogP contribution in [0, 0.1) is 5.92 Å². The van der Waals surface area contributed by atoms with E-state index in [9.17, 15) is 9.90 Å². The number of nitrogens with one attached hydrogen (secondary N) is 2. The standard InChI is InChI=1S/C14H18Cl2N2O2/c1-2-8-3-4-17-12(5-8)14(20)18-9-6-10(15)13(19)11(16)7-9/h6-8,12,17,19H,2-5H2,1H3,(H,18,20). The molecule has 1 heterocycles. The van der Waals surface area contributed by atoms with Gasteiger partial charge in [-0.3, -0.25) is 4.79 Å². The Hall–Kier alpha value is -0.970. The molecule has 2 atom stereocenters. The number of rotatable bonds is 3. The first-order chi connectivity index (χ1) is 9.51. The fourth-order valence-corrected chi connectivity index (χ4v) is 2.92. The van der Waals surface area contributed by atoms with E-state index in [0.29, 0.717) is 11.6 Å². The Balaban J connectivity index is 2.04. The molecular weight excluding hydrogens is 299 g/mol. The fraction of sp³-hybridized carbons (Fsp3) is 0.500. The third-order valence-electron chi connectivity index (χ3n) is 3.69. The molecule has 0 spiro atoms. The molecule has 1 aliphatic heterocycles. The molecule has 2 unspecified atom stereocenters. The zero-order chi connectivity index (χ0) is 14.7. The highest BCUT2D eigenvalue weighted by atomic mass is 35.5. The van der Waals surface area contributed by atoms with Crippen LogP contribution in [0.25, 0.3) is 0 Å². The van der Waals surface area contributed by atoms with Crippen LogP contribution in [0.3, 0.4) is 0 Å². The number of carbonyl (C=O) groups excluding carboxylic acids is 1. The molecule has 110 valence electrons. The monoisotopic (exact) mass is 316 g/mol. The van der Waals surface area contributed by atoms with Crippen molar-refractivity contribution < 1.29 is 9.90 Å². The molecule has 3 N–H and O–H groups in total. The van der Waals surface area contributed by atoms with E-state index in [0.717, 1.165) is 25.8 Å². The highest BCUT2D eigenvalue weighted by Gasteiger charge is 2.26. The summed E-state index contributed by atoms with van der Waals surface area (Å²) in [5, 5.41) is 15.7. The van der Waals surface area contributed by atoms with Gasteiger partial charge in [-0.2, -0.15) is 0 Å². The predicted molar refractivity (Wildman–Crippen MR) is 81.6 cm³/mol. The van der Waals surface area contributed by atoms with E-state index in [-0.39, 0.29) is 27.7 Å². The molecule has 1 fully saturated rings. The Kier molecular flexibility index (Phi) is 5.13. The highest BCUT2D eigenvalue weighted by Crippen LogP contribution is 2.34. The second kappa shape index (κ2) is 6.66. The number of phenols is 1. The first-order valence-corrected chi connectivity index (χ1v) is 7.49. The van der Waals surface area contributed by atoms with Crippen molar-refractivity contribution in [3.05, 3.63) is 22.2 Å². The molecule has 1 saturated heterocycles. The molecule has 1 aromatic carbocycles. The van der Waals surface area contributed by atoms with E-state index < -0.39 is 0 Å². The van der Waals surface area contributed by atoms with Crippen LogP contribution in [0.2, 0.25) is 10.0 Å². The van der Waals surface area contributed by atoms with Gasteiger partial charge in [0.05, 0.1) is 16.1 Å². The van der Waals surface area contributed by atoms with Gasteiger partial charge in [-0.25, -0.2) is 0 Å². The molecule has 1 aromatic rings. The maximum absolute atomic E-state index is 12.2. The minimum atomic E-state index is -0.194. The van der Waals surface area contributed by atoms with Crippen LogP contribution < -0.4 is 10.6 Å². The lowest BCUT2D eigenvalue weighted by molar-refractivity contribution is -0.119. The molecule has 6 heteroatoms. The van der Waals surface area contributed by atoms with Crippen LogP contribution in [-0.2, 0) is 4.79 Å². The summed E-state index contributed by atoms with van der Waals surface area (Å²) < 4.78 is 0. The van der Waals surface area contributed by atoms with E-state index in [1.807, 2.05) is 0 Å². The molecule has 0 radical (unpaired) electrons.